The van der Waals surface area contributed by atoms with Crippen LogP contribution in [0, 0.1) is 23.5 Å². The first-order chi connectivity index (χ1) is 31.3. The van der Waals surface area contributed by atoms with Crippen LogP contribution >= 0.6 is 0 Å². The van der Waals surface area contributed by atoms with Crippen LogP contribution < -0.4 is 15.4 Å². The molecule has 2 saturated heterocycles. The maximum absolute atomic E-state index is 13.3. The highest BCUT2D eigenvalue weighted by Crippen LogP contribution is 2.22. The number of likely N-dealkylation sites (tertiary alicyclic amines) is 2. The number of hydrogen-bond acceptors (Lipinski definition) is 8. The number of phenolic OH excluding ortho intramolecular Hbond substituents is 1. The number of ether oxygens (including phenoxy) is 1. The summed E-state index contributed by atoms with van der Waals surface area (Å²) in [6.07, 6.45) is 4.76. The number of urea groups is 2. The second kappa shape index (κ2) is 27.9. The largest absolute Gasteiger partial charge is 0.508 e. The maximum Gasteiger partial charge on any atom is 0.318 e. The summed E-state index contributed by atoms with van der Waals surface area (Å²) in [5, 5.41) is 32.8. The van der Waals surface area contributed by atoms with Gasteiger partial charge in [-0.15, -0.1) is 0 Å². The quantitative estimate of drug-likeness (QED) is 0.0763. The van der Waals surface area contributed by atoms with Gasteiger partial charge in [0.2, 0.25) is 0 Å². The lowest BCUT2D eigenvalue weighted by atomic mass is 10.0. The van der Waals surface area contributed by atoms with Crippen molar-refractivity contribution < 1.29 is 38.4 Å². The first-order valence-corrected chi connectivity index (χ1v) is 22.9. The van der Waals surface area contributed by atoms with Crippen LogP contribution in [0.5, 0.6) is 11.5 Å². The third kappa shape index (κ3) is 19.0. The standard InChI is InChI=1S/C25H34FN3O3.C21H26FN3O2.C5H12O/c1-19(17-30)18-32-24-9-5-20(6-10-24)15-27-25(31)29(23-11-13-28(2)14-12-23)16-21-3-7-22(26)8-4-21;1-24-12-10-19(11-13-24)25(15-17-2-6-18(22)7-3-17)21(27)23-14-16-4-8-20(26)9-5-16;1-3-5(2)4-6/h3-10,19,23,30H,11-18H2,1-2H3,(H,27,31);2-9,19,26H,10-15H2,1H3,(H,23,27);5-6H,3-4H2,1-2H3. The van der Waals surface area contributed by atoms with Gasteiger partial charge >= 0.3 is 12.1 Å². The molecule has 2 aliphatic rings. The average Bonchev–Trinajstić information content (AvgIpc) is 3.33. The molecule has 0 aromatic heterocycles. The van der Waals surface area contributed by atoms with Gasteiger partial charge in [0.15, 0.2) is 0 Å². The van der Waals surface area contributed by atoms with Gasteiger partial charge in [-0.05, 0) is 143 Å². The van der Waals surface area contributed by atoms with Crippen molar-refractivity contribution in [3.05, 3.63) is 131 Å². The molecule has 0 bridgehead atoms. The lowest BCUT2D eigenvalue weighted by molar-refractivity contribution is 0.126. The van der Waals surface area contributed by atoms with Crippen LogP contribution in [0.25, 0.3) is 0 Å². The van der Waals surface area contributed by atoms with E-state index in [1.54, 1.807) is 48.5 Å². The number of hydrogen-bond donors (Lipinski definition) is 5. The summed E-state index contributed by atoms with van der Waals surface area (Å²) < 4.78 is 32.2. The number of aliphatic hydroxyl groups excluding tert-OH is 2. The highest BCUT2D eigenvalue weighted by Gasteiger charge is 2.28. The van der Waals surface area contributed by atoms with Gasteiger partial charge in [-0.2, -0.15) is 0 Å². The molecule has 2 fully saturated rings. The lowest BCUT2D eigenvalue weighted by Gasteiger charge is -2.37. The number of piperidine rings is 2. The van der Waals surface area contributed by atoms with Gasteiger partial charge in [-0.25, -0.2) is 18.4 Å². The number of amides is 4. The van der Waals surface area contributed by atoms with Gasteiger partial charge in [0, 0.05) is 57.4 Å². The molecule has 12 nitrogen and oxygen atoms in total. The fourth-order valence-electron chi connectivity index (χ4n) is 7.22. The minimum atomic E-state index is -0.277. The zero-order valence-electron chi connectivity index (χ0n) is 39.0. The van der Waals surface area contributed by atoms with E-state index in [1.807, 2.05) is 47.9 Å². The summed E-state index contributed by atoms with van der Waals surface area (Å²) in [6, 6.07) is 27.1. The van der Waals surface area contributed by atoms with Gasteiger partial charge in [0.25, 0.3) is 0 Å². The third-order valence-electron chi connectivity index (χ3n) is 11.9. The van der Waals surface area contributed by atoms with Crippen LogP contribution in [0.15, 0.2) is 97.1 Å². The van der Waals surface area contributed by atoms with Gasteiger partial charge in [-0.3, -0.25) is 0 Å². The van der Waals surface area contributed by atoms with E-state index in [4.69, 9.17) is 14.9 Å². The van der Waals surface area contributed by atoms with Gasteiger partial charge in [0.1, 0.15) is 23.1 Å². The van der Waals surface area contributed by atoms with Crippen molar-refractivity contribution in [2.45, 2.75) is 91.1 Å². The molecule has 4 aromatic carbocycles. The van der Waals surface area contributed by atoms with Crippen LogP contribution in [0.4, 0.5) is 18.4 Å². The lowest BCUT2D eigenvalue weighted by Crippen LogP contribution is -2.49. The number of aliphatic hydroxyl groups is 2. The zero-order valence-corrected chi connectivity index (χ0v) is 39.0. The normalized spacial score (nSPS) is 15.6. The summed E-state index contributed by atoms with van der Waals surface area (Å²) in [5.74, 6) is 0.966. The van der Waals surface area contributed by atoms with Gasteiger partial charge < -0.3 is 50.3 Å². The number of carbonyl (C=O) groups excluding carboxylic acids is 2. The van der Waals surface area contributed by atoms with E-state index >= 15 is 0 Å². The van der Waals surface area contributed by atoms with E-state index < -0.39 is 0 Å². The maximum atomic E-state index is 13.3. The highest BCUT2D eigenvalue weighted by molar-refractivity contribution is 5.75. The number of nitrogens with one attached hydrogen (secondary N) is 2. The van der Waals surface area contributed by atoms with Gasteiger partial charge in [-0.1, -0.05) is 75.7 Å². The van der Waals surface area contributed by atoms with Crippen LogP contribution in [0.1, 0.15) is 75.1 Å². The molecule has 65 heavy (non-hydrogen) atoms. The molecular formula is C51H72F2N6O6. The Hall–Kier alpha value is -5.28. The van der Waals surface area contributed by atoms with Crippen molar-refractivity contribution in [3.63, 3.8) is 0 Å². The van der Waals surface area contributed by atoms with E-state index in [-0.39, 0.29) is 54.1 Å². The van der Waals surface area contributed by atoms with Crippen LogP contribution in [-0.4, -0.2) is 119 Å². The third-order valence-corrected chi connectivity index (χ3v) is 11.9. The van der Waals surface area contributed by atoms with Crippen LogP contribution in [0.3, 0.4) is 0 Å². The predicted molar refractivity (Wildman–Crippen MR) is 252 cm³/mol. The molecule has 2 atom stereocenters. The Morgan fingerprint density at radius 3 is 1.35 bits per heavy atom. The van der Waals surface area contributed by atoms with Crippen LogP contribution in [0.2, 0.25) is 0 Å². The van der Waals surface area contributed by atoms with Crippen molar-refractivity contribution >= 4 is 12.1 Å². The second-order valence-electron chi connectivity index (χ2n) is 17.5. The Balaban J connectivity index is 0.000000255. The topological polar surface area (TPSA) is 141 Å². The van der Waals surface area contributed by atoms with Crippen molar-refractivity contribution in [1.82, 2.24) is 30.2 Å². The van der Waals surface area contributed by atoms with E-state index in [9.17, 15) is 23.5 Å². The molecule has 6 rings (SSSR count). The first-order valence-electron chi connectivity index (χ1n) is 22.9. The summed E-state index contributed by atoms with van der Waals surface area (Å²) in [4.78, 5) is 34.3. The zero-order chi connectivity index (χ0) is 47.1. The fraction of sp³-hybridized carbons (Fsp3) is 0.490. The SMILES string of the molecule is CC(CO)COc1ccc(CNC(=O)N(Cc2ccc(F)cc2)C2CCN(C)CC2)cc1.CCC(C)CO.CN1CCC(N(Cc2ccc(F)cc2)C(=O)NCc2ccc(O)cc2)CC1. The number of carbonyl (C=O) groups is 2. The molecule has 5 N–H and O–H groups in total. The van der Waals surface area contributed by atoms with Crippen molar-refractivity contribution in [2.24, 2.45) is 11.8 Å². The summed E-state index contributed by atoms with van der Waals surface area (Å²) >= 11 is 0. The van der Waals surface area contributed by atoms with Crippen LogP contribution in [-0.2, 0) is 26.2 Å². The Labute approximate surface area is 385 Å². The highest BCUT2D eigenvalue weighted by atomic mass is 19.1. The Morgan fingerprint density at radius 2 is 1.00 bits per heavy atom. The van der Waals surface area contributed by atoms with Crippen molar-refractivity contribution in [3.8, 4) is 11.5 Å². The molecule has 356 valence electrons. The number of benzene rings is 4. The molecule has 2 aliphatic heterocycles. The summed E-state index contributed by atoms with van der Waals surface area (Å²) in [7, 11) is 4.18. The number of halogens is 2. The molecule has 0 saturated carbocycles. The predicted octanol–water partition coefficient (Wildman–Crippen LogP) is 8.00. The Morgan fingerprint density at radius 1 is 0.631 bits per heavy atom. The summed E-state index contributed by atoms with van der Waals surface area (Å²) in [6.45, 7) is 12.4. The number of aromatic hydroxyl groups is 1. The molecule has 0 aliphatic carbocycles. The first kappa shape index (κ1) is 52.3. The smallest absolute Gasteiger partial charge is 0.318 e. The Bertz CT molecular complexity index is 1940. The average molecular weight is 903 g/mol. The molecule has 4 aromatic rings. The van der Waals surface area contributed by atoms with E-state index in [0.29, 0.717) is 45.3 Å². The van der Waals surface area contributed by atoms with E-state index in [2.05, 4.69) is 41.5 Å². The Kier molecular flexibility index (Phi) is 22.5. The monoisotopic (exact) mass is 903 g/mol. The molecular weight excluding hydrogens is 831 g/mol. The number of nitrogens with zero attached hydrogens (tertiary/aromatic N) is 4. The molecule has 2 unspecified atom stereocenters. The molecule has 4 amide bonds. The number of phenols is 1. The van der Waals surface area contributed by atoms with E-state index in [1.165, 1.54) is 24.3 Å². The second-order valence-corrected chi connectivity index (χ2v) is 17.5. The number of rotatable bonds is 16. The fourth-order valence-corrected chi connectivity index (χ4v) is 7.22. The van der Waals surface area contributed by atoms with E-state index in [0.717, 1.165) is 86.3 Å². The van der Waals surface area contributed by atoms with Crippen molar-refractivity contribution in [1.29, 1.82) is 0 Å². The molecule has 2 heterocycles. The summed E-state index contributed by atoms with van der Waals surface area (Å²) in [5.41, 5.74) is 3.73. The molecule has 14 heteroatoms. The van der Waals surface area contributed by atoms with Crippen molar-refractivity contribution in [2.75, 3.05) is 60.1 Å². The molecule has 0 radical (unpaired) electrons. The van der Waals surface area contributed by atoms with Gasteiger partial charge in [0.05, 0.1) is 6.61 Å². The minimum Gasteiger partial charge on any atom is -0.508 e. The molecule has 0 spiro atoms. The minimum absolute atomic E-state index is 0.0839.